The number of anilines is 2. The van der Waals surface area contributed by atoms with Gasteiger partial charge in [0.2, 0.25) is 0 Å². The third kappa shape index (κ3) is 6.67. The predicted octanol–water partition coefficient (Wildman–Crippen LogP) is 3.53. The standard InChI is InChI=1S/C23H25N3O6S/c1-15(14-30-2)31-18-11-16(26-23(27)22-21(24)5-4-10-25-22)12-19(13-18)32-17-6-8-20(9-7-17)33(3,28)29/h4-13,15H,14,24H2,1-3H3,(H,26,27)/t15-/m0/s1. The zero-order chi connectivity index (χ0) is 24.0. The average molecular weight is 472 g/mol. The van der Waals surface area contributed by atoms with Gasteiger partial charge in [0.05, 0.1) is 17.2 Å². The van der Waals surface area contributed by atoms with Gasteiger partial charge in [0.25, 0.3) is 5.91 Å². The van der Waals surface area contributed by atoms with Gasteiger partial charge in [-0.1, -0.05) is 0 Å². The molecule has 2 aromatic carbocycles. The maximum Gasteiger partial charge on any atom is 0.276 e. The number of carbonyl (C=O) groups excluding carboxylic acids is 1. The van der Waals surface area contributed by atoms with E-state index in [-0.39, 0.29) is 22.4 Å². The molecule has 0 aliphatic rings. The molecule has 174 valence electrons. The second kappa shape index (κ2) is 10.3. The van der Waals surface area contributed by atoms with Gasteiger partial charge in [0.1, 0.15) is 23.4 Å². The Morgan fingerprint density at radius 1 is 1.09 bits per heavy atom. The molecule has 1 heterocycles. The van der Waals surface area contributed by atoms with Crippen LogP contribution >= 0.6 is 0 Å². The lowest BCUT2D eigenvalue weighted by atomic mass is 10.2. The number of aromatic nitrogens is 1. The van der Waals surface area contributed by atoms with Crippen LogP contribution in [0.15, 0.2) is 65.7 Å². The summed E-state index contributed by atoms with van der Waals surface area (Å²) in [6, 6.07) is 14.1. The first-order valence-corrected chi connectivity index (χ1v) is 11.9. The summed E-state index contributed by atoms with van der Waals surface area (Å²) in [6.07, 6.45) is 2.36. The zero-order valence-corrected chi connectivity index (χ0v) is 19.3. The van der Waals surface area contributed by atoms with Gasteiger partial charge in [-0.15, -0.1) is 0 Å². The van der Waals surface area contributed by atoms with Crippen LogP contribution in [0.1, 0.15) is 17.4 Å². The van der Waals surface area contributed by atoms with E-state index in [4.69, 9.17) is 19.9 Å². The summed E-state index contributed by atoms with van der Waals surface area (Å²) >= 11 is 0. The third-order valence-electron chi connectivity index (χ3n) is 4.42. The van der Waals surface area contributed by atoms with E-state index in [1.54, 1.807) is 49.6 Å². The lowest BCUT2D eigenvalue weighted by molar-refractivity contribution is 0.0920. The monoisotopic (exact) mass is 471 g/mol. The number of methoxy groups -OCH3 is 1. The fraction of sp³-hybridized carbons (Fsp3) is 0.217. The van der Waals surface area contributed by atoms with Gasteiger partial charge in [-0.25, -0.2) is 13.4 Å². The largest absolute Gasteiger partial charge is 0.488 e. The number of pyridine rings is 1. The second-order valence-corrected chi connectivity index (χ2v) is 9.33. The van der Waals surface area contributed by atoms with Gasteiger partial charge in [-0.3, -0.25) is 4.79 Å². The van der Waals surface area contributed by atoms with Crippen LogP contribution in [-0.4, -0.2) is 45.4 Å². The molecule has 33 heavy (non-hydrogen) atoms. The maximum atomic E-state index is 12.7. The molecule has 3 aromatic rings. The van der Waals surface area contributed by atoms with Gasteiger partial charge in [0.15, 0.2) is 15.5 Å². The Labute approximate surface area is 192 Å². The van der Waals surface area contributed by atoms with E-state index >= 15 is 0 Å². The molecule has 0 unspecified atom stereocenters. The number of hydrogen-bond donors (Lipinski definition) is 2. The van der Waals surface area contributed by atoms with E-state index in [2.05, 4.69) is 10.3 Å². The SMILES string of the molecule is COC[C@H](C)Oc1cc(NC(=O)c2ncccc2N)cc(Oc2ccc(S(C)(=O)=O)cc2)c1. The van der Waals surface area contributed by atoms with E-state index in [1.807, 2.05) is 6.92 Å². The lowest BCUT2D eigenvalue weighted by Crippen LogP contribution is -2.18. The highest BCUT2D eigenvalue weighted by atomic mass is 32.2. The van der Waals surface area contributed by atoms with E-state index in [9.17, 15) is 13.2 Å². The Kier molecular flexibility index (Phi) is 7.52. The number of amides is 1. The van der Waals surface area contributed by atoms with Crippen molar-refractivity contribution in [3.63, 3.8) is 0 Å². The molecule has 0 spiro atoms. The van der Waals surface area contributed by atoms with Gasteiger partial charge in [-0.05, 0) is 43.3 Å². The number of nitrogen functional groups attached to an aromatic ring is 1. The minimum Gasteiger partial charge on any atom is -0.488 e. The molecule has 0 saturated carbocycles. The van der Waals surface area contributed by atoms with Gasteiger partial charge >= 0.3 is 0 Å². The molecule has 0 bridgehead atoms. The van der Waals surface area contributed by atoms with Crippen LogP contribution in [0.5, 0.6) is 17.2 Å². The van der Waals surface area contributed by atoms with E-state index in [0.29, 0.717) is 29.5 Å². The highest BCUT2D eigenvalue weighted by Crippen LogP contribution is 2.31. The first kappa shape index (κ1) is 24.0. The molecule has 9 nitrogen and oxygen atoms in total. The van der Waals surface area contributed by atoms with Crippen molar-refractivity contribution in [3.8, 4) is 17.2 Å². The molecule has 1 amide bonds. The van der Waals surface area contributed by atoms with E-state index < -0.39 is 15.7 Å². The van der Waals surface area contributed by atoms with Crippen LogP contribution in [-0.2, 0) is 14.6 Å². The number of hydrogen-bond acceptors (Lipinski definition) is 8. The van der Waals surface area contributed by atoms with Gasteiger partial charge in [-0.2, -0.15) is 0 Å². The quantitative estimate of drug-likeness (QED) is 0.485. The molecule has 3 rings (SSSR count). The van der Waals surface area contributed by atoms with Crippen molar-refractivity contribution < 1.29 is 27.4 Å². The van der Waals surface area contributed by atoms with Crippen LogP contribution in [0.25, 0.3) is 0 Å². The Hall–Kier alpha value is -3.63. The molecular formula is C23H25N3O6S. The van der Waals surface area contributed by atoms with Crippen molar-refractivity contribution in [2.75, 3.05) is 31.0 Å². The molecule has 0 aliphatic heterocycles. The normalized spacial score (nSPS) is 12.1. The van der Waals surface area contributed by atoms with Crippen molar-refractivity contribution in [2.24, 2.45) is 0 Å². The Balaban J connectivity index is 1.88. The van der Waals surface area contributed by atoms with Crippen molar-refractivity contribution in [1.82, 2.24) is 4.98 Å². The fourth-order valence-corrected chi connectivity index (χ4v) is 3.59. The number of carbonyl (C=O) groups is 1. The minimum atomic E-state index is -3.32. The zero-order valence-electron chi connectivity index (χ0n) is 18.4. The van der Waals surface area contributed by atoms with Gasteiger partial charge < -0.3 is 25.3 Å². The summed E-state index contributed by atoms with van der Waals surface area (Å²) in [5, 5.41) is 2.75. The van der Waals surface area contributed by atoms with Crippen LogP contribution in [0.4, 0.5) is 11.4 Å². The topological polar surface area (TPSA) is 130 Å². The minimum absolute atomic E-state index is 0.0930. The summed E-state index contributed by atoms with van der Waals surface area (Å²) in [7, 11) is -1.75. The molecule has 10 heteroatoms. The van der Waals surface area contributed by atoms with E-state index in [1.165, 1.54) is 18.3 Å². The van der Waals surface area contributed by atoms with Crippen molar-refractivity contribution in [2.45, 2.75) is 17.9 Å². The highest BCUT2D eigenvalue weighted by molar-refractivity contribution is 7.90. The van der Waals surface area contributed by atoms with Crippen molar-refractivity contribution in [1.29, 1.82) is 0 Å². The average Bonchev–Trinajstić information content (AvgIpc) is 2.73. The maximum absolute atomic E-state index is 12.7. The Morgan fingerprint density at radius 2 is 1.79 bits per heavy atom. The van der Waals surface area contributed by atoms with Crippen LogP contribution < -0.4 is 20.5 Å². The Morgan fingerprint density at radius 3 is 2.42 bits per heavy atom. The smallest absolute Gasteiger partial charge is 0.276 e. The molecule has 0 radical (unpaired) electrons. The van der Waals surface area contributed by atoms with Crippen molar-refractivity contribution >= 4 is 27.1 Å². The number of benzene rings is 2. The first-order chi connectivity index (χ1) is 15.7. The number of ether oxygens (including phenoxy) is 3. The number of nitrogens with zero attached hydrogens (tertiary/aromatic N) is 1. The molecule has 0 fully saturated rings. The fourth-order valence-electron chi connectivity index (χ4n) is 2.96. The lowest BCUT2D eigenvalue weighted by Gasteiger charge is -2.17. The number of rotatable bonds is 9. The summed E-state index contributed by atoms with van der Waals surface area (Å²) in [5.41, 5.74) is 6.59. The number of sulfone groups is 1. The molecule has 1 atom stereocenters. The summed E-state index contributed by atoms with van der Waals surface area (Å²) in [4.78, 5) is 16.9. The summed E-state index contributed by atoms with van der Waals surface area (Å²) in [5.74, 6) is 0.733. The molecule has 3 N–H and O–H groups in total. The number of nitrogens with one attached hydrogen (secondary N) is 1. The van der Waals surface area contributed by atoms with Crippen molar-refractivity contribution in [3.05, 3.63) is 66.5 Å². The van der Waals surface area contributed by atoms with Crippen LogP contribution in [0.2, 0.25) is 0 Å². The molecule has 0 aliphatic carbocycles. The summed E-state index contributed by atoms with van der Waals surface area (Å²) < 4.78 is 40.2. The number of nitrogens with two attached hydrogens (primary N) is 1. The summed E-state index contributed by atoms with van der Waals surface area (Å²) in [6.45, 7) is 2.21. The van der Waals surface area contributed by atoms with Gasteiger partial charge in [0, 0.05) is 43.4 Å². The predicted molar refractivity (Wildman–Crippen MR) is 125 cm³/mol. The Bertz CT molecular complexity index is 1230. The highest BCUT2D eigenvalue weighted by Gasteiger charge is 2.14. The van der Waals surface area contributed by atoms with Crippen LogP contribution in [0, 0.1) is 0 Å². The second-order valence-electron chi connectivity index (χ2n) is 7.32. The molecule has 0 saturated heterocycles. The first-order valence-electron chi connectivity index (χ1n) is 9.96. The third-order valence-corrected chi connectivity index (χ3v) is 5.55. The van der Waals surface area contributed by atoms with Crippen LogP contribution in [0.3, 0.4) is 0 Å². The van der Waals surface area contributed by atoms with E-state index in [0.717, 1.165) is 6.26 Å². The molecule has 1 aromatic heterocycles. The molecular weight excluding hydrogens is 446 g/mol.